The number of hydrogen-bond acceptors (Lipinski definition) is 1. The van der Waals surface area contributed by atoms with Crippen molar-refractivity contribution in [1.82, 2.24) is 0 Å². The van der Waals surface area contributed by atoms with E-state index in [9.17, 15) is 0 Å². The van der Waals surface area contributed by atoms with Gasteiger partial charge in [0.15, 0.2) is 0 Å². The minimum atomic E-state index is -0.136. The largest absolute Gasteiger partial charge is 0.310 e. The van der Waals surface area contributed by atoms with Crippen molar-refractivity contribution in [1.29, 1.82) is 0 Å². The molecule has 0 spiro atoms. The van der Waals surface area contributed by atoms with Crippen LogP contribution in [0.15, 0.2) is 176 Å². The lowest BCUT2D eigenvalue weighted by Gasteiger charge is -2.30. The van der Waals surface area contributed by atoms with Gasteiger partial charge in [-0.1, -0.05) is 169 Å². The van der Waals surface area contributed by atoms with Crippen molar-refractivity contribution in [3.05, 3.63) is 209 Å². The molecule has 0 aromatic heterocycles. The van der Waals surface area contributed by atoms with E-state index in [1.165, 1.54) is 88.9 Å². The first kappa shape index (κ1) is 34.3. The van der Waals surface area contributed by atoms with Crippen LogP contribution in [0.3, 0.4) is 0 Å². The molecule has 0 heterocycles. The number of anilines is 3. The Morgan fingerprint density at radius 2 is 0.804 bits per heavy atom. The van der Waals surface area contributed by atoms with Gasteiger partial charge in [0.2, 0.25) is 0 Å². The Kier molecular flexibility index (Phi) is 7.61. The second kappa shape index (κ2) is 12.4. The first-order valence-corrected chi connectivity index (χ1v) is 20.0. The minimum Gasteiger partial charge on any atom is -0.310 e. The van der Waals surface area contributed by atoms with Gasteiger partial charge in [0.25, 0.3) is 0 Å². The van der Waals surface area contributed by atoms with Gasteiger partial charge in [-0.05, 0) is 126 Å². The van der Waals surface area contributed by atoms with Gasteiger partial charge in [0.1, 0.15) is 0 Å². The van der Waals surface area contributed by atoms with Gasteiger partial charge in [-0.3, -0.25) is 0 Å². The van der Waals surface area contributed by atoms with E-state index < -0.39 is 0 Å². The number of nitrogens with zero attached hydrogens (tertiary/aromatic N) is 1. The van der Waals surface area contributed by atoms with Gasteiger partial charge in [-0.15, -0.1) is 0 Å². The van der Waals surface area contributed by atoms with E-state index >= 15 is 0 Å². The van der Waals surface area contributed by atoms with Gasteiger partial charge < -0.3 is 4.90 Å². The van der Waals surface area contributed by atoms with Gasteiger partial charge in [-0.2, -0.15) is 0 Å². The smallest absolute Gasteiger partial charge is 0.0465 e. The molecule has 8 aromatic rings. The number of rotatable bonds is 6. The van der Waals surface area contributed by atoms with Crippen molar-refractivity contribution < 1.29 is 0 Å². The van der Waals surface area contributed by atoms with Crippen LogP contribution in [0.25, 0.3) is 44.2 Å². The van der Waals surface area contributed by atoms with Crippen LogP contribution < -0.4 is 4.90 Å². The van der Waals surface area contributed by atoms with Crippen LogP contribution in [0.1, 0.15) is 74.9 Å². The van der Waals surface area contributed by atoms with Gasteiger partial charge in [0, 0.05) is 33.3 Å². The SMILES string of the molecule is CC(C)(c1ccccc1)c1ccc(-c2ccc(N(c3ccc4c(c3)C(C)(C)c3ccccc3-4)c3ccc4c(c3)C(C)(C)c3cc5ccccc5cc3-4)cc2)cc1. The zero-order valence-corrected chi connectivity index (χ0v) is 33.2. The lowest BCUT2D eigenvalue weighted by Crippen LogP contribution is -2.18. The maximum Gasteiger partial charge on any atom is 0.0465 e. The highest BCUT2D eigenvalue weighted by Crippen LogP contribution is 2.53. The molecule has 0 bridgehead atoms. The summed E-state index contributed by atoms with van der Waals surface area (Å²) < 4.78 is 0. The summed E-state index contributed by atoms with van der Waals surface area (Å²) in [6, 6.07) is 65.8. The van der Waals surface area contributed by atoms with Crippen molar-refractivity contribution >= 4 is 27.8 Å². The molecule has 8 aromatic carbocycles. The lowest BCUT2D eigenvalue weighted by atomic mass is 9.78. The van der Waals surface area contributed by atoms with Gasteiger partial charge >= 0.3 is 0 Å². The Morgan fingerprint density at radius 3 is 1.45 bits per heavy atom. The van der Waals surface area contributed by atoms with Crippen molar-refractivity contribution in [2.75, 3.05) is 4.90 Å². The molecule has 1 nitrogen and oxygen atoms in total. The molecule has 0 amide bonds. The van der Waals surface area contributed by atoms with Crippen LogP contribution in [0.2, 0.25) is 0 Å². The van der Waals surface area contributed by atoms with E-state index in [0.29, 0.717) is 0 Å². The fourth-order valence-electron chi connectivity index (χ4n) is 9.73. The summed E-state index contributed by atoms with van der Waals surface area (Å²) in [5, 5.41) is 2.59. The second-order valence-corrected chi connectivity index (χ2v) is 17.5. The standard InChI is InChI=1S/C55H47N/c1-53(2,40-16-8-7-9-17-40)41-24-20-36(21-25-41)37-22-26-42(27-23-37)56(43-28-30-46-45-18-12-13-19-49(45)54(3,4)51(46)34-43)44-29-31-47-48-32-38-14-10-11-15-39(38)33-50(48)55(5,6)52(47)35-44/h7-35H,1-6H3. The highest BCUT2D eigenvalue weighted by atomic mass is 15.1. The fourth-order valence-corrected chi connectivity index (χ4v) is 9.73. The summed E-state index contributed by atoms with van der Waals surface area (Å²) >= 11 is 0. The molecule has 10 rings (SSSR count). The van der Waals surface area contributed by atoms with E-state index in [1.807, 2.05) is 0 Å². The molecule has 0 aliphatic heterocycles. The van der Waals surface area contributed by atoms with Crippen LogP contribution in [-0.4, -0.2) is 0 Å². The maximum absolute atomic E-state index is 2.46. The predicted octanol–water partition coefficient (Wildman–Crippen LogP) is 14.9. The van der Waals surface area contributed by atoms with E-state index in [0.717, 1.165) is 5.69 Å². The molecule has 0 saturated carbocycles. The van der Waals surface area contributed by atoms with Crippen LogP contribution in [0.5, 0.6) is 0 Å². The Hall–Kier alpha value is -6.18. The van der Waals surface area contributed by atoms with Crippen LogP contribution in [0, 0.1) is 0 Å². The molecular weight excluding hydrogens is 675 g/mol. The van der Waals surface area contributed by atoms with Crippen LogP contribution >= 0.6 is 0 Å². The Labute approximate surface area is 331 Å². The van der Waals surface area contributed by atoms with Gasteiger partial charge in [0.05, 0.1) is 0 Å². The molecule has 2 aliphatic carbocycles. The normalized spacial score (nSPS) is 14.5. The monoisotopic (exact) mass is 721 g/mol. The average Bonchev–Trinajstić information content (AvgIpc) is 3.59. The van der Waals surface area contributed by atoms with Crippen molar-refractivity contribution in [2.24, 2.45) is 0 Å². The molecule has 0 saturated heterocycles. The third-order valence-electron chi connectivity index (χ3n) is 13.2. The number of benzene rings is 8. The highest BCUT2D eigenvalue weighted by molar-refractivity contribution is 5.95. The predicted molar refractivity (Wildman–Crippen MR) is 238 cm³/mol. The third-order valence-corrected chi connectivity index (χ3v) is 13.2. The topological polar surface area (TPSA) is 3.24 Å². The molecule has 1 heteroatoms. The van der Waals surface area contributed by atoms with Crippen molar-refractivity contribution in [3.63, 3.8) is 0 Å². The summed E-state index contributed by atoms with van der Waals surface area (Å²) in [5.74, 6) is 0. The molecule has 272 valence electrons. The summed E-state index contributed by atoms with van der Waals surface area (Å²) in [6.45, 7) is 14.1. The molecule has 0 N–H and O–H groups in total. The Bertz CT molecular complexity index is 2800. The first-order valence-electron chi connectivity index (χ1n) is 20.0. The summed E-state index contributed by atoms with van der Waals surface area (Å²) in [5.41, 5.74) is 19.1. The molecular formula is C55H47N. The summed E-state index contributed by atoms with van der Waals surface area (Å²) in [7, 11) is 0. The number of hydrogen-bond donors (Lipinski definition) is 0. The number of fused-ring (bicyclic) bond motifs is 7. The van der Waals surface area contributed by atoms with Crippen molar-refractivity contribution in [2.45, 2.75) is 57.8 Å². The van der Waals surface area contributed by atoms with Crippen molar-refractivity contribution in [3.8, 4) is 33.4 Å². The van der Waals surface area contributed by atoms with E-state index in [2.05, 4.69) is 222 Å². The Morgan fingerprint density at radius 1 is 0.357 bits per heavy atom. The quantitative estimate of drug-likeness (QED) is 0.165. The fraction of sp³-hybridized carbons (Fsp3) is 0.164. The zero-order valence-electron chi connectivity index (χ0n) is 33.2. The maximum atomic E-state index is 2.46. The summed E-state index contributed by atoms with van der Waals surface area (Å²) in [6.07, 6.45) is 0. The van der Waals surface area contributed by atoms with E-state index in [4.69, 9.17) is 0 Å². The molecule has 56 heavy (non-hydrogen) atoms. The van der Waals surface area contributed by atoms with Crippen LogP contribution in [0.4, 0.5) is 17.1 Å². The lowest BCUT2D eigenvalue weighted by molar-refractivity contribution is 0.641. The zero-order chi connectivity index (χ0) is 38.4. The third kappa shape index (κ3) is 5.21. The molecule has 0 atom stereocenters. The molecule has 0 fully saturated rings. The molecule has 2 aliphatic rings. The molecule has 0 unspecified atom stereocenters. The van der Waals surface area contributed by atoms with Crippen LogP contribution in [-0.2, 0) is 16.2 Å². The molecule has 0 radical (unpaired) electrons. The van der Waals surface area contributed by atoms with Gasteiger partial charge in [-0.25, -0.2) is 0 Å². The highest BCUT2D eigenvalue weighted by Gasteiger charge is 2.38. The average molecular weight is 722 g/mol. The van der Waals surface area contributed by atoms with E-state index in [-0.39, 0.29) is 16.2 Å². The Balaban J connectivity index is 1.07. The first-order chi connectivity index (χ1) is 27.0. The second-order valence-electron chi connectivity index (χ2n) is 17.5. The minimum absolute atomic E-state index is 0.0742. The van der Waals surface area contributed by atoms with E-state index in [1.54, 1.807) is 0 Å². The summed E-state index contributed by atoms with van der Waals surface area (Å²) in [4.78, 5) is 2.46.